The van der Waals surface area contributed by atoms with Crippen LogP contribution in [0.3, 0.4) is 0 Å². The van der Waals surface area contributed by atoms with Crippen LogP contribution in [0.15, 0.2) is 67.0 Å². The van der Waals surface area contributed by atoms with Crippen LogP contribution in [0.25, 0.3) is 11.2 Å². The first-order valence-corrected chi connectivity index (χ1v) is 12.2. The minimum Gasteiger partial charge on any atom is -0.373 e. The van der Waals surface area contributed by atoms with Crippen molar-refractivity contribution in [3.8, 4) is 0 Å². The van der Waals surface area contributed by atoms with Gasteiger partial charge in [-0.05, 0) is 39.0 Å². The number of aliphatic hydroxyl groups is 1. The van der Waals surface area contributed by atoms with Crippen LogP contribution in [-0.4, -0.2) is 35.3 Å². The summed E-state index contributed by atoms with van der Waals surface area (Å²) in [4.78, 5) is 22.2. The Bertz CT molecular complexity index is 1610. The third-order valence-corrected chi connectivity index (χ3v) is 6.56. The lowest BCUT2D eigenvalue weighted by atomic mass is 9.84. The number of hydrogen-bond donors (Lipinski definition) is 2. The van der Waals surface area contributed by atoms with Crippen molar-refractivity contribution in [1.82, 2.24) is 24.3 Å². The minimum absolute atomic E-state index is 0.0149. The van der Waals surface area contributed by atoms with Crippen molar-refractivity contribution in [2.75, 3.05) is 5.32 Å². The van der Waals surface area contributed by atoms with Crippen LogP contribution < -0.4 is 5.32 Å². The molecule has 0 saturated carbocycles. The molecule has 0 aliphatic heterocycles. The van der Waals surface area contributed by atoms with Gasteiger partial charge >= 0.3 is 0 Å². The molecule has 3 aromatic heterocycles. The van der Waals surface area contributed by atoms with E-state index in [1.807, 2.05) is 13.8 Å². The molecule has 38 heavy (non-hydrogen) atoms. The molecule has 10 heteroatoms. The molecule has 0 saturated heterocycles. The predicted molar refractivity (Wildman–Crippen MR) is 139 cm³/mol. The molecule has 2 aromatic carbocycles. The van der Waals surface area contributed by atoms with Crippen molar-refractivity contribution in [2.24, 2.45) is 0 Å². The molecular formula is C28H26F2N6O2. The monoisotopic (exact) mass is 516 g/mol. The second kappa shape index (κ2) is 9.79. The van der Waals surface area contributed by atoms with Gasteiger partial charge in [-0.15, -0.1) is 0 Å². The number of fused-ring (bicyclic) bond motifs is 1. The molecule has 2 N–H and O–H groups in total. The number of nitrogens with zero attached hydrogens (tertiary/aromatic N) is 5. The summed E-state index contributed by atoms with van der Waals surface area (Å²) in [5, 5.41) is 19.2. The van der Waals surface area contributed by atoms with Crippen molar-refractivity contribution < 1.29 is 18.7 Å². The molecule has 3 heterocycles. The summed E-state index contributed by atoms with van der Waals surface area (Å²) in [6, 6.07) is 12.9. The van der Waals surface area contributed by atoms with E-state index in [4.69, 9.17) is 0 Å². The van der Waals surface area contributed by atoms with Crippen LogP contribution in [0.4, 0.5) is 14.5 Å². The number of imidazole rings is 1. The second-order valence-electron chi connectivity index (χ2n) is 8.85. The van der Waals surface area contributed by atoms with Crippen molar-refractivity contribution in [3.05, 3.63) is 107 Å². The molecule has 0 aliphatic rings. The van der Waals surface area contributed by atoms with Crippen LogP contribution in [0.5, 0.6) is 0 Å². The van der Waals surface area contributed by atoms with Gasteiger partial charge in [0.2, 0.25) is 0 Å². The molecule has 0 bridgehead atoms. The maximum atomic E-state index is 15.2. The molecule has 0 aliphatic carbocycles. The highest BCUT2D eigenvalue weighted by atomic mass is 19.1. The van der Waals surface area contributed by atoms with E-state index in [1.54, 1.807) is 46.8 Å². The molecular weight excluding hydrogens is 490 g/mol. The van der Waals surface area contributed by atoms with Crippen molar-refractivity contribution in [3.63, 3.8) is 0 Å². The van der Waals surface area contributed by atoms with E-state index in [2.05, 4.69) is 20.4 Å². The largest absolute Gasteiger partial charge is 0.373 e. The first-order valence-electron chi connectivity index (χ1n) is 12.2. The molecule has 194 valence electrons. The van der Waals surface area contributed by atoms with E-state index in [9.17, 15) is 9.90 Å². The Balaban J connectivity index is 1.70. The standard InChI is InChI=1S/C28H26F2N6O2/c1-4-35-16-18(15-31-35)33-26(37)19-14-24-25(32-17(19)3)34-27(36(24)5-2)28(38,20-10-6-8-12-22(20)29)21-11-7-9-13-23(21)30/h6-16,38H,4-5H2,1-3H3,(H,33,37). The fraction of sp³-hybridized carbons (Fsp3) is 0.214. The summed E-state index contributed by atoms with van der Waals surface area (Å²) >= 11 is 0. The lowest BCUT2D eigenvalue weighted by Crippen LogP contribution is -2.34. The van der Waals surface area contributed by atoms with Gasteiger partial charge in [0.25, 0.3) is 5.91 Å². The van der Waals surface area contributed by atoms with Crippen molar-refractivity contribution >= 4 is 22.8 Å². The van der Waals surface area contributed by atoms with Gasteiger partial charge in [0.15, 0.2) is 17.1 Å². The Labute approximate surface area is 217 Å². The zero-order valence-corrected chi connectivity index (χ0v) is 21.1. The molecule has 5 aromatic rings. The van der Waals surface area contributed by atoms with Gasteiger partial charge in [-0.1, -0.05) is 36.4 Å². The number of aryl methyl sites for hydroxylation is 3. The number of benzene rings is 2. The van der Waals surface area contributed by atoms with Crippen molar-refractivity contribution in [1.29, 1.82) is 0 Å². The van der Waals surface area contributed by atoms with Gasteiger partial charge in [-0.3, -0.25) is 9.48 Å². The Hall–Kier alpha value is -4.44. The normalized spacial score (nSPS) is 11.7. The first kappa shape index (κ1) is 25.2. The number of rotatable bonds is 7. The molecule has 5 rings (SSSR count). The lowest BCUT2D eigenvalue weighted by molar-refractivity contribution is 0.102. The number of aromatic nitrogens is 5. The molecule has 0 atom stereocenters. The highest BCUT2D eigenvalue weighted by molar-refractivity contribution is 6.06. The number of carbonyl (C=O) groups excluding carboxylic acids is 1. The number of amides is 1. The number of anilines is 1. The van der Waals surface area contributed by atoms with Gasteiger partial charge in [0.05, 0.1) is 28.7 Å². The number of halogens is 2. The SMILES string of the molecule is CCn1cc(NC(=O)c2cc3c(nc2C)nc(C(O)(c2ccccc2F)c2ccccc2F)n3CC)cn1. The van der Waals surface area contributed by atoms with Gasteiger partial charge < -0.3 is 15.0 Å². The summed E-state index contributed by atoms with van der Waals surface area (Å²) < 4.78 is 33.6. The van der Waals surface area contributed by atoms with Crippen LogP contribution in [0.2, 0.25) is 0 Å². The van der Waals surface area contributed by atoms with E-state index in [-0.39, 0.29) is 29.1 Å². The molecule has 1 amide bonds. The zero-order chi connectivity index (χ0) is 27.0. The fourth-order valence-corrected chi connectivity index (χ4v) is 4.66. The average Bonchev–Trinajstić information content (AvgIpc) is 3.52. The Morgan fingerprint density at radius 2 is 1.63 bits per heavy atom. The third kappa shape index (κ3) is 4.12. The zero-order valence-electron chi connectivity index (χ0n) is 21.1. The third-order valence-electron chi connectivity index (χ3n) is 6.56. The highest BCUT2D eigenvalue weighted by Crippen LogP contribution is 2.40. The van der Waals surface area contributed by atoms with Crippen LogP contribution in [-0.2, 0) is 18.7 Å². The Kier molecular flexibility index (Phi) is 6.50. The minimum atomic E-state index is -2.28. The fourth-order valence-electron chi connectivity index (χ4n) is 4.66. The first-order chi connectivity index (χ1) is 18.3. The number of hydrogen-bond acceptors (Lipinski definition) is 5. The molecule has 0 unspecified atom stereocenters. The molecule has 0 radical (unpaired) electrons. The average molecular weight is 517 g/mol. The summed E-state index contributed by atoms with van der Waals surface area (Å²) in [6.07, 6.45) is 3.27. The molecule has 0 fully saturated rings. The lowest BCUT2D eigenvalue weighted by Gasteiger charge is -2.30. The summed E-state index contributed by atoms with van der Waals surface area (Å²) in [5.74, 6) is -1.84. The molecule has 8 nitrogen and oxygen atoms in total. The maximum Gasteiger partial charge on any atom is 0.257 e. The Morgan fingerprint density at radius 3 is 2.18 bits per heavy atom. The van der Waals surface area contributed by atoms with E-state index >= 15 is 8.78 Å². The number of pyridine rings is 1. The van der Waals surface area contributed by atoms with Crippen LogP contribution in [0.1, 0.15) is 46.9 Å². The highest BCUT2D eigenvalue weighted by Gasteiger charge is 2.43. The Morgan fingerprint density at radius 1 is 1.00 bits per heavy atom. The van der Waals surface area contributed by atoms with E-state index in [0.29, 0.717) is 29.0 Å². The van der Waals surface area contributed by atoms with E-state index in [0.717, 1.165) is 0 Å². The number of nitrogens with one attached hydrogen (secondary N) is 1. The molecule has 0 spiro atoms. The van der Waals surface area contributed by atoms with Gasteiger partial charge in [-0.2, -0.15) is 5.10 Å². The van der Waals surface area contributed by atoms with Crippen molar-refractivity contribution in [2.45, 2.75) is 39.5 Å². The predicted octanol–water partition coefficient (Wildman–Crippen LogP) is 4.79. The smallest absolute Gasteiger partial charge is 0.257 e. The summed E-state index contributed by atoms with van der Waals surface area (Å²) in [5.41, 5.74) is -0.675. The maximum absolute atomic E-state index is 15.2. The van der Waals surface area contributed by atoms with Crippen LogP contribution in [0, 0.1) is 18.6 Å². The van der Waals surface area contributed by atoms with Crippen LogP contribution >= 0.6 is 0 Å². The van der Waals surface area contributed by atoms with Gasteiger partial charge in [0.1, 0.15) is 11.6 Å². The number of carbonyl (C=O) groups is 1. The van der Waals surface area contributed by atoms with Gasteiger partial charge in [-0.25, -0.2) is 18.7 Å². The second-order valence-corrected chi connectivity index (χ2v) is 8.85. The van der Waals surface area contributed by atoms with Gasteiger partial charge in [0, 0.05) is 30.4 Å². The summed E-state index contributed by atoms with van der Waals surface area (Å²) in [6.45, 7) is 6.37. The van der Waals surface area contributed by atoms with E-state index in [1.165, 1.54) is 36.4 Å². The quantitative estimate of drug-likeness (QED) is 0.324. The topological polar surface area (TPSA) is 97.9 Å². The summed E-state index contributed by atoms with van der Waals surface area (Å²) in [7, 11) is 0. The van der Waals surface area contributed by atoms with E-state index < -0.39 is 23.1 Å².